The molecule has 0 spiro atoms. The molecule has 2 aromatic carbocycles. The predicted molar refractivity (Wildman–Crippen MR) is 91.6 cm³/mol. The minimum Gasteiger partial charge on any atom is -0.378 e. The lowest BCUT2D eigenvalue weighted by atomic mass is 10.2. The van der Waals surface area contributed by atoms with Crippen LogP contribution >= 0.6 is 0 Å². The smallest absolute Gasteiger partial charge is 0.0388 e. The minimum atomic E-state index is 1.08. The molecule has 0 N–H and O–H groups in total. The van der Waals surface area contributed by atoms with E-state index < -0.39 is 0 Å². The van der Waals surface area contributed by atoms with E-state index in [4.69, 9.17) is 0 Å². The van der Waals surface area contributed by atoms with Crippen molar-refractivity contribution in [1.29, 1.82) is 0 Å². The van der Waals surface area contributed by atoms with E-state index in [1.165, 1.54) is 17.1 Å². The first-order valence-corrected chi connectivity index (χ1v) is 7.56. The maximum Gasteiger partial charge on any atom is 0.0388 e. The molecule has 1 aliphatic heterocycles. The van der Waals surface area contributed by atoms with Crippen molar-refractivity contribution in [1.82, 2.24) is 0 Å². The highest BCUT2D eigenvalue weighted by Crippen LogP contribution is 2.23. The quantitative estimate of drug-likeness (QED) is 0.856. The summed E-state index contributed by atoms with van der Waals surface area (Å²) in [6.45, 7) is 4.31. The summed E-state index contributed by atoms with van der Waals surface area (Å²) >= 11 is 0. The third-order valence-electron chi connectivity index (χ3n) is 4.11. The molecule has 21 heavy (non-hydrogen) atoms. The molecule has 0 unspecified atom stereocenters. The molecule has 0 radical (unpaired) electrons. The van der Waals surface area contributed by atoms with Crippen LogP contribution in [-0.4, -0.2) is 40.3 Å². The molecule has 0 atom stereocenters. The van der Waals surface area contributed by atoms with Gasteiger partial charge in [-0.15, -0.1) is 0 Å². The highest BCUT2D eigenvalue weighted by atomic mass is 15.3. The Morgan fingerprint density at radius 2 is 1.29 bits per heavy atom. The van der Waals surface area contributed by atoms with Crippen molar-refractivity contribution < 1.29 is 0 Å². The SMILES string of the molecule is CN(C)c1cccc(N2CCN(c3ccccc3)CC2)c1. The van der Waals surface area contributed by atoms with Gasteiger partial charge in [0, 0.05) is 57.3 Å². The van der Waals surface area contributed by atoms with Crippen LogP contribution in [0.4, 0.5) is 17.1 Å². The van der Waals surface area contributed by atoms with Gasteiger partial charge >= 0.3 is 0 Å². The van der Waals surface area contributed by atoms with Gasteiger partial charge in [-0.05, 0) is 30.3 Å². The van der Waals surface area contributed by atoms with Gasteiger partial charge in [-0.2, -0.15) is 0 Å². The van der Waals surface area contributed by atoms with Gasteiger partial charge < -0.3 is 14.7 Å². The Kier molecular flexibility index (Phi) is 4.00. The summed E-state index contributed by atoms with van der Waals surface area (Å²) in [4.78, 5) is 7.10. The summed E-state index contributed by atoms with van der Waals surface area (Å²) in [6, 6.07) is 19.5. The molecule has 1 heterocycles. The first-order valence-electron chi connectivity index (χ1n) is 7.56. The molecule has 3 heteroatoms. The van der Waals surface area contributed by atoms with Crippen LogP contribution in [0, 0.1) is 0 Å². The van der Waals surface area contributed by atoms with E-state index in [2.05, 4.69) is 83.4 Å². The average molecular weight is 281 g/mol. The number of hydrogen-bond donors (Lipinski definition) is 0. The van der Waals surface area contributed by atoms with E-state index >= 15 is 0 Å². The maximum atomic E-state index is 2.48. The Bertz CT molecular complexity index is 572. The molecule has 2 aromatic rings. The Labute approximate surface area is 127 Å². The number of rotatable bonds is 3. The number of piperazine rings is 1. The first kappa shape index (κ1) is 13.8. The molecule has 0 aliphatic carbocycles. The lowest BCUT2D eigenvalue weighted by Gasteiger charge is -2.37. The second-order valence-corrected chi connectivity index (χ2v) is 5.72. The van der Waals surface area contributed by atoms with Crippen molar-refractivity contribution in [3.8, 4) is 0 Å². The monoisotopic (exact) mass is 281 g/mol. The van der Waals surface area contributed by atoms with Crippen LogP contribution in [0.3, 0.4) is 0 Å². The minimum absolute atomic E-state index is 1.08. The lowest BCUT2D eigenvalue weighted by molar-refractivity contribution is 0.653. The van der Waals surface area contributed by atoms with Crippen LogP contribution < -0.4 is 14.7 Å². The van der Waals surface area contributed by atoms with Crippen LogP contribution in [0.2, 0.25) is 0 Å². The van der Waals surface area contributed by atoms with Gasteiger partial charge in [0.05, 0.1) is 0 Å². The maximum absolute atomic E-state index is 2.48. The Balaban J connectivity index is 1.67. The van der Waals surface area contributed by atoms with Crippen LogP contribution in [0.1, 0.15) is 0 Å². The van der Waals surface area contributed by atoms with E-state index in [0.717, 1.165) is 26.2 Å². The van der Waals surface area contributed by atoms with Gasteiger partial charge in [-0.1, -0.05) is 24.3 Å². The molecule has 110 valence electrons. The summed E-state index contributed by atoms with van der Waals surface area (Å²) in [5, 5.41) is 0. The van der Waals surface area contributed by atoms with Crippen molar-refractivity contribution in [2.75, 3.05) is 55.0 Å². The normalized spacial score (nSPS) is 15.1. The third kappa shape index (κ3) is 3.13. The van der Waals surface area contributed by atoms with E-state index in [1.54, 1.807) is 0 Å². The molecule has 0 aromatic heterocycles. The topological polar surface area (TPSA) is 9.72 Å². The van der Waals surface area contributed by atoms with Crippen LogP contribution in [0.5, 0.6) is 0 Å². The molecular weight excluding hydrogens is 258 g/mol. The third-order valence-corrected chi connectivity index (χ3v) is 4.11. The molecular formula is C18H23N3. The lowest BCUT2D eigenvalue weighted by Crippen LogP contribution is -2.46. The summed E-state index contributed by atoms with van der Waals surface area (Å²) in [7, 11) is 4.18. The summed E-state index contributed by atoms with van der Waals surface area (Å²) in [6.07, 6.45) is 0. The Morgan fingerprint density at radius 1 is 0.714 bits per heavy atom. The number of para-hydroxylation sites is 1. The standard InChI is InChI=1S/C18H23N3/c1-19(2)17-9-6-10-18(15-17)21-13-11-20(12-14-21)16-7-4-3-5-8-16/h3-10,15H,11-14H2,1-2H3. The predicted octanol–water partition coefficient (Wildman–Crippen LogP) is 3.08. The van der Waals surface area contributed by atoms with Crippen LogP contribution in [0.15, 0.2) is 54.6 Å². The first-order chi connectivity index (χ1) is 10.2. The summed E-state index contributed by atoms with van der Waals surface area (Å²) < 4.78 is 0. The average Bonchev–Trinajstić information content (AvgIpc) is 2.56. The highest BCUT2D eigenvalue weighted by molar-refractivity contribution is 5.60. The second kappa shape index (κ2) is 6.08. The van der Waals surface area contributed by atoms with Gasteiger partial charge in [-0.25, -0.2) is 0 Å². The molecule has 3 nitrogen and oxygen atoms in total. The van der Waals surface area contributed by atoms with E-state index in [1.807, 2.05) is 0 Å². The van der Waals surface area contributed by atoms with Gasteiger partial charge in [0.1, 0.15) is 0 Å². The molecule has 0 amide bonds. The van der Waals surface area contributed by atoms with Crippen molar-refractivity contribution in [2.24, 2.45) is 0 Å². The molecule has 1 saturated heterocycles. The van der Waals surface area contributed by atoms with Crippen LogP contribution in [-0.2, 0) is 0 Å². The number of nitrogens with zero attached hydrogens (tertiary/aromatic N) is 3. The molecule has 1 fully saturated rings. The molecule has 0 bridgehead atoms. The van der Waals surface area contributed by atoms with Gasteiger partial charge in [-0.3, -0.25) is 0 Å². The Hall–Kier alpha value is -2.16. The summed E-state index contributed by atoms with van der Waals surface area (Å²) in [5.41, 5.74) is 3.92. The highest BCUT2D eigenvalue weighted by Gasteiger charge is 2.17. The Morgan fingerprint density at radius 3 is 1.90 bits per heavy atom. The number of anilines is 3. The fraction of sp³-hybridized carbons (Fsp3) is 0.333. The van der Waals surface area contributed by atoms with Gasteiger partial charge in [0.25, 0.3) is 0 Å². The number of hydrogen-bond acceptors (Lipinski definition) is 3. The fourth-order valence-electron chi connectivity index (χ4n) is 2.83. The second-order valence-electron chi connectivity index (χ2n) is 5.72. The van der Waals surface area contributed by atoms with E-state index in [0.29, 0.717) is 0 Å². The van der Waals surface area contributed by atoms with E-state index in [-0.39, 0.29) is 0 Å². The summed E-state index contributed by atoms with van der Waals surface area (Å²) in [5.74, 6) is 0. The zero-order chi connectivity index (χ0) is 14.7. The van der Waals surface area contributed by atoms with Crippen molar-refractivity contribution in [3.63, 3.8) is 0 Å². The zero-order valence-electron chi connectivity index (χ0n) is 12.9. The van der Waals surface area contributed by atoms with Crippen LogP contribution in [0.25, 0.3) is 0 Å². The molecule has 0 saturated carbocycles. The van der Waals surface area contributed by atoms with Gasteiger partial charge in [0.15, 0.2) is 0 Å². The largest absolute Gasteiger partial charge is 0.378 e. The zero-order valence-corrected chi connectivity index (χ0v) is 12.9. The van der Waals surface area contributed by atoms with Crippen molar-refractivity contribution in [2.45, 2.75) is 0 Å². The van der Waals surface area contributed by atoms with Gasteiger partial charge in [0.2, 0.25) is 0 Å². The molecule has 1 aliphatic rings. The van der Waals surface area contributed by atoms with Crippen molar-refractivity contribution >= 4 is 17.1 Å². The van der Waals surface area contributed by atoms with Crippen molar-refractivity contribution in [3.05, 3.63) is 54.6 Å². The molecule has 3 rings (SSSR count). The number of benzene rings is 2. The van der Waals surface area contributed by atoms with E-state index in [9.17, 15) is 0 Å². The fourth-order valence-corrected chi connectivity index (χ4v) is 2.83.